The third-order valence-corrected chi connectivity index (χ3v) is 3.55. The highest BCUT2D eigenvalue weighted by atomic mass is 16.5. The highest BCUT2D eigenvalue weighted by Crippen LogP contribution is 2.43. The van der Waals surface area contributed by atoms with Crippen LogP contribution in [0, 0.1) is 5.41 Å². The Kier molecular flexibility index (Phi) is 3.53. The molecule has 1 aliphatic rings. The molecule has 1 atom stereocenters. The van der Waals surface area contributed by atoms with E-state index in [4.69, 9.17) is 9.47 Å². The summed E-state index contributed by atoms with van der Waals surface area (Å²) in [6.07, 6.45) is 1.02. The van der Waals surface area contributed by atoms with E-state index in [1.54, 1.807) is 14.2 Å². The minimum Gasteiger partial charge on any atom is -0.497 e. The average Bonchev–Trinajstić information content (AvgIpc) is 2.35. The number of ether oxygens (including phenoxy) is 2. The molecule has 3 heteroatoms. The van der Waals surface area contributed by atoms with Crippen molar-refractivity contribution in [2.75, 3.05) is 20.8 Å². The van der Waals surface area contributed by atoms with Crippen LogP contribution in [0.3, 0.4) is 0 Å². The van der Waals surface area contributed by atoms with Crippen LogP contribution < -0.4 is 14.8 Å². The molecule has 0 aromatic heterocycles. The third kappa shape index (κ3) is 2.32. The van der Waals surface area contributed by atoms with Gasteiger partial charge < -0.3 is 14.8 Å². The number of hydrogen-bond donors (Lipinski definition) is 1. The van der Waals surface area contributed by atoms with Gasteiger partial charge in [0.2, 0.25) is 0 Å². The summed E-state index contributed by atoms with van der Waals surface area (Å²) in [5, 5.41) is 3.61. The molecule has 1 N–H and O–H groups in total. The lowest BCUT2D eigenvalue weighted by Gasteiger charge is -2.37. The molecule has 18 heavy (non-hydrogen) atoms. The summed E-state index contributed by atoms with van der Waals surface area (Å²) in [6.45, 7) is 7.77. The number of hydrogen-bond acceptors (Lipinski definition) is 3. The lowest BCUT2D eigenvalue weighted by atomic mass is 9.78. The molecular weight excluding hydrogens is 226 g/mol. The summed E-state index contributed by atoms with van der Waals surface area (Å²) in [5.41, 5.74) is 2.79. The van der Waals surface area contributed by atoms with Gasteiger partial charge in [0.25, 0.3) is 0 Å². The molecule has 0 amide bonds. The van der Waals surface area contributed by atoms with Crippen LogP contribution in [0.4, 0.5) is 0 Å². The molecule has 0 radical (unpaired) electrons. The zero-order valence-electron chi connectivity index (χ0n) is 12.0. The van der Waals surface area contributed by atoms with Crippen LogP contribution in [-0.4, -0.2) is 20.8 Å². The largest absolute Gasteiger partial charge is 0.497 e. The lowest BCUT2D eigenvalue weighted by molar-refractivity contribution is 0.254. The van der Waals surface area contributed by atoms with Gasteiger partial charge in [-0.1, -0.05) is 20.8 Å². The number of rotatable bonds is 2. The molecule has 2 rings (SSSR count). The molecule has 1 unspecified atom stereocenters. The van der Waals surface area contributed by atoms with Gasteiger partial charge in [0, 0.05) is 17.7 Å². The van der Waals surface area contributed by atoms with Gasteiger partial charge in [-0.2, -0.15) is 0 Å². The Bertz CT molecular complexity index is 418. The zero-order valence-corrected chi connectivity index (χ0v) is 12.0. The first-order chi connectivity index (χ1) is 8.47. The van der Waals surface area contributed by atoms with E-state index in [1.165, 1.54) is 11.1 Å². The van der Waals surface area contributed by atoms with Crippen LogP contribution >= 0.6 is 0 Å². The Morgan fingerprint density at radius 1 is 1.17 bits per heavy atom. The molecule has 1 aliphatic heterocycles. The van der Waals surface area contributed by atoms with E-state index >= 15 is 0 Å². The zero-order chi connectivity index (χ0) is 13.3. The van der Waals surface area contributed by atoms with Gasteiger partial charge in [0.1, 0.15) is 11.5 Å². The molecule has 100 valence electrons. The van der Waals surface area contributed by atoms with E-state index in [9.17, 15) is 0 Å². The maximum Gasteiger partial charge on any atom is 0.127 e. The van der Waals surface area contributed by atoms with Crippen LogP contribution in [0.5, 0.6) is 11.5 Å². The first kappa shape index (κ1) is 13.2. The van der Waals surface area contributed by atoms with E-state index < -0.39 is 0 Å². The monoisotopic (exact) mass is 249 g/mol. The SMILES string of the molecule is COc1cc2c(c(OC)c1)C(C(C)(C)C)NCC2. The fourth-order valence-electron chi connectivity index (χ4n) is 2.67. The predicted molar refractivity (Wildman–Crippen MR) is 73.4 cm³/mol. The van der Waals surface area contributed by atoms with E-state index in [0.717, 1.165) is 24.5 Å². The normalized spacial score (nSPS) is 19.3. The van der Waals surface area contributed by atoms with Gasteiger partial charge in [0.15, 0.2) is 0 Å². The third-order valence-electron chi connectivity index (χ3n) is 3.55. The molecule has 1 aromatic carbocycles. The van der Waals surface area contributed by atoms with Gasteiger partial charge in [-0.3, -0.25) is 0 Å². The first-order valence-electron chi connectivity index (χ1n) is 6.45. The van der Waals surface area contributed by atoms with Crippen molar-refractivity contribution in [2.24, 2.45) is 5.41 Å². The number of fused-ring (bicyclic) bond motifs is 1. The van der Waals surface area contributed by atoms with Crippen LogP contribution in [-0.2, 0) is 6.42 Å². The summed E-state index contributed by atoms with van der Waals surface area (Å²) >= 11 is 0. The van der Waals surface area contributed by atoms with Crippen molar-refractivity contribution >= 4 is 0 Å². The van der Waals surface area contributed by atoms with Crippen molar-refractivity contribution in [2.45, 2.75) is 33.2 Å². The molecule has 1 aromatic rings. The van der Waals surface area contributed by atoms with Crippen molar-refractivity contribution in [3.8, 4) is 11.5 Å². The van der Waals surface area contributed by atoms with Gasteiger partial charge in [-0.25, -0.2) is 0 Å². The fourth-order valence-corrected chi connectivity index (χ4v) is 2.67. The topological polar surface area (TPSA) is 30.5 Å². The summed E-state index contributed by atoms with van der Waals surface area (Å²) < 4.78 is 10.9. The first-order valence-corrected chi connectivity index (χ1v) is 6.45. The van der Waals surface area contributed by atoms with Crippen molar-refractivity contribution in [3.05, 3.63) is 23.3 Å². The van der Waals surface area contributed by atoms with Crippen molar-refractivity contribution in [1.29, 1.82) is 0 Å². The minimum atomic E-state index is 0.164. The summed E-state index contributed by atoms with van der Waals surface area (Å²) in [7, 11) is 3.42. The average molecular weight is 249 g/mol. The quantitative estimate of drug-likeness (QED) is 0.874. The predicted octanol–water partition coefficient (Wildman–Crippen LogP) is 2.94. The summed E-state index contributed by atoms with van der Waals surface area (Å²) in [4.78, 5) is 0. The standard InChI is InChI=1S/C15H23NO2/c1-15(2,3)14-13-10(6-7-16-14)8-11(17-4)9-12(13)18-5/h8-9,14,16H,6-7H2,1-5H3. The molecule has 1 heterocycles. The van der Waals surface area contributed by atoms with Gasteiger partial charge >= 0.3 is 0 Å². The number of methoxy groups -OCH3 is 2. The molecule has 0 fully saturated rings. The Hall–Kier alpha value is -1.22. The Balaban J connectivity index is 2.55. The molecule has 0 spiro atoms. The van der Waals surface area contributed by atoms with Crippen LogP contribution in [0.15, 0.2) is 12.1 Å². The minimum absolute atomic E-state index is 0.164. The van der Waals surface area contributed by atoms with Gasteiger partial charge in [0.05, 0.1) is 14.2 Å². The van der Waals surface area contributed by atoms with Crippen molar-refractivity contribution < 1.29 is 9.47 Å². The maximum atomic E-state index is 5.56. The molecule has 0 saturated heterocycles. The highest BCUT2D eigenvalue weighted by Gasteiger charge is 2.33. The molecule has 0 bridgehead atoms. The van der Waals surface area contributed by atoms with Crippen LogP contribution in [0.25, 0.3) is 0 Å². The fraction of sp³-hybridized carbons (Fsp3) is 0.600. The lowest BCUT2D eigenvalue weighted by Crippen LogP contribution is -2.38. The maximum absolute atomic E-state index is 5.56. The second kappa shape index (κ2) is 4.81. The van der Waals surface area contributed by atoms with Crippen LogP contribution in [0.1, 0.15) is 37.9 Å². The second-order valence-electron chi connectivity index (χ2n) is 5.91. The van der Waals surface area contributed by atoms with E-state index in [0.29, 0.717) is 6.04 Å². The van der Waals surface area contributed by atoms with Crippen molar-refractivity contribution in [1.82, 2.24) is 5.32 Å². The number of benzene rings is 1. The molecule has 0 saturated carbocycles. The van der Waals surface area contributed by atoms with Gasteiger partial charge in [-0.05, 0) is 30.0 Å². The van der Waals surface area contributed by atoms with E-state index in [-0.39, 0.29) is 5.41 Å². The second-order valence-corrected chi connectivity index (χ2v) is 5.91. The Morgan fingerprint density at radius 3 is 2.44 bits per heavy atom. The highest BCUT2D eigenvalue weighted by molar-refractivity contribution is 5.50. The molecule has 3 nitrogen and oxygen atoms in total. The molecular formula is C15H23NO2. The van der Waals surface area contributed by atoms with E-state index in [1.807, 2.05) is 6.07 Å². The Morgan fingerprint density at radius 2 is 1.89 bits per heavy atom. The summed E-state index contributed by atoms with van der Waals surface area (Å²) in [6, 6.07) is 4.43. The molecule has 0 aliphatic carbocycles. The Labute approximate surface area is 109 Å². The smallest absolute Gasteiger partial charge is 0.127 e. The van der Waals surface area contributed by atoms with Crippen LogP contribution in [0.2, 0.25) is 0 Å². The summed E-state index contributed by atoms with van der Waals surface area (Å²) in [5.74, 6) is 1.80. The van der Waals surface area contributed by atoms with E-state index in [2.05, 4.69) is 32.2 Å². The number of nitrogens with one attached hydrogen (secondary N) is 1. The van der Waals surface area contributed by atoms with Gasteiger partial charge in [-0.15, -0.1) is 0 Å². The van der Waals surface area contributed by atoms with Crippen molar-refractivity contribution in [3.63, 3.8) is 0 Å².